The smallest absolute Gasteiger partial charge is 0.224 e. The lowest BCUT2D eigenvalue weighted by atomic mass is 10.0. The number of hydrogen-bond acceptors (Lipinski definition) is 8. The van der Waals surface area contributed by atoms with Crippen molar-refractivity contribution in [3.8, 4) is 22.4 Å². The van der Waals surface area contributed by atoms with Crippen molar-refractivity contribution >= 4 is 34.3 Å². The number of rotatable bonds is 6. The second kappa shape index (κ2) is 9.10. The lowest BCUT2D eigenvalue weighted by molar-refractivity contribution is -0.115. The molecule has 0 aliphatic carbocycles. The first-order valence-corrected chi connectivity index (χ1v) is 10.9. The fourth-order valence-electron chi connectivity index (χ4n) is 3.64. The normalized spacial score (nSPS) is 10.9. The van der Waals surface area contributed by atoms with Gasteiger partial charge in [0.1, 0.15) is 11.5 Å². The highest BCUT2D eigenvalue weighted by atomic mass is 16.1. The van der Waals surface area contributed by atoms with Crippen LogP contribution in [0.25, 0.3) is 33.5 Å². The molecule has 5 aromatic heterocycles. The third kappa shape index (κ3) is 4.32. The Kier molecular flexibility index (Phi) is 5.68. The molecule has 0 spiro atoms. The number of pyridine rings is 4. The molecule has 5 N–H and O–H groups in total. The first-order chi connectivity index (χ1) is 17.0. The summed E-state index contributed by atoms with van der Waals surface area (Å²) in [6.07, 6.45) is 8.58. The Labute approximate surface area is 200 Å². The van der Waals surface area contributed by atoms with Crippen LogP contribution >= 0.6 is 0 Å². The average molecular weight is 464 g/mol. The van der Waals surface area contributed by atoms with Crippen LogP contribution in [-0.2, 0) is 4.79 Å². The zero-order valence-electron chi connectivity index (χ0n) is 18.8. The van der Waals surface area contributed by atoms with Gasteiger partial charge in [-0.15, -0.1) is 0 Å². The molecular weight excluding hydrogens is 442 g/mol. The van der Waals surface area contributed by atoms with Crippen LogP contribution in [0.15, 0.2) is 67.4 Å². The number of aromatic amines is 1. The molecule has 10 nitrogen and oxygen atoms in total. The minimum atomic E-state index is -0.106. The van der Waals surface area contributed by atoms with Crippen LogP contribution in [0.2, 0.25) is 0 Å². The van der Waals surface area contributed by atoms with Crippen LogP contribution in [0.4, 0.5) is 11.5 Å². The highest BCUT2D eigenvalue weighted by molar-refractivity contribution is 6.13. The summed E-state index contributed by atoms with van der Waals surface area (Å²) in [7, 11) is 0. The van der Waals surface area contributed by atoms with E-state index in [1.165, 1.54) is 0 Å². The van der Waals surface area contributed by atoms with Crippen LogP contribution in [0.1, 0.15) is 24.7 Å². The fourth-order valence-corrected chi connectivity index (χ4v) is 3.64. The van der Waals surface area contributed by atoms with Crippen molar-refractivity contribution in [2.45, 2.75) is 13.3 Å². The topological polar surface area (TPSA) is 159 Å². The first-order valence-electron chi connectivity index (χ1n) is 10.9. The molecule has 0 aromatic carbocycles. The second-order valence-corrected chi connectivity index (χ2v) is 7.75. The number of nitrogen functional groups attached to an aromatic ring is 1. The maximum Gasteiger partial charge on any atom is 0.224 e. The van der Waals surface area contributed by atoms with E-state index >= 15 is 0 Å². The number of aromatic nitrogens is 6. The Morgan fingerprint density at radius 1 is 1.06 bits per heavy atom. The highest BCUT2D eigenvalue weighted by Crippen LogP contribution is 2.27. The van der Waals surface area contributed by atoms with Crippen molar-refractivity contribution in [1.82, 2.24) is 29.9 Å². The Balaban J connectivity index is 1.52. The molecule has 0 saturated heterocycles. The van der Waals surface area contributed by atoms with Crippen LogP contribution < -0.4 is 11.1 Å². The number of carbonyl (C=O) groups excluding carboxylic acids is 1. The van der Waals surface area contributed by atoms with Gasteiger partial charge in [-0.2, -0.15) is 0 Å². The van der Waals surface area contributed by atoms with E-state index in [0.717, 1.165) is 16.8 Å². The van der Waals surface area contributed by atoms with E-state index in [4.69, 9.17) is 11.1 Å². The van der Waals surface area contributed by atoms with E-state index in [1.807, 2.05) is 24.3 Å². The molecule has 1 amide bonds. The van der Waals surface area contributed by atoms with E-state index < -0.39 is 0 Å². The maximum absolute atomic E-state index is 11.7. The molecule has 0 aliphatic rings. The van der Waals surface area contributed by atoms with E-state index in [9.17, 15) is 4.79 Å². The Bertz CT molecular complexity index is 1560. The largest absolute Gasteiger partial charge is 0.383 e. The van der Waals surface area contributed by atoms with Gasteiger partial charge in [-0.3, -0.25) is 20.2 Å². The van der Waals surface area contributed by atoms with Crippen LogP contribution in [-0.4, -0.2) is 41.5 Å². The van der Waals surface area contributed by atoms with Crippen LogP contribution in [0.3, 0.4) is 0 Å². The molecular formula is C25H21N9O. The molecule has 5 heterocycles. The summed E-state index contributed by atoms with van der Waals surface area (Å²) in [6.45, 7) is 1.78. The van der Waals surface area contributed by atoms with Gasteiger partial charge in [-0.05, 0) is 30.3 Å². The van der Waals surface area contributed by atoms with Gasteiger partial charge < -0.3 is 16.0 Å². The summed E-state index contributed by atoms with van der Waals surface area (Å²) >= 11 is 0. The van der Waals surface area contributed by atoms with Crippen LogP contribution in [0, 0.1) is 5.41 Å². The summed E-state index contributed by atoms with van der Waals surface area (Å²) < 4.78 is 0. The van der Waals surface area contributed by atoms with Crippen molar-refractivity contribution in [2.75, 3.05) is 11.1 Å². The number of carbonyl (C=O) groups is 1. The van der Waals surface area contributed by atoms with Crippen molar-refractivity contribution < 1.29 is 4.79 Å². The minimum absolute atomic E-state index is 0.0743. The van der Waals surface area contributed by atoms with Crippen molar-refractivity contribution in [3.63, 3.8) is 0 Å². The lowest BCUT2D eigenvalue weighted by Crippen LogP contribution is -2.10. The molecule has 5 aromatic rings. The van der Waals surface area contributed by atoms with E-state index in [2.05, 4.69) is 35.2 Å². The van der Waals surface area contributed by atoms with E-state index in [0.29, 0.717) is 40.2 Å². The Hall–Kier alpha value is -4.99. The number of hydrogen-bond donors (Lipinski definition) is 4. The monoisotopic (exact) mass is 463 g/mol. The number of amides is 1. The van der Waals surface area contributed by atoms with Crippen molar-refractivity contribution in [2.24, 2.45) is 0 Å². The number of fused-ring (bicyclic) bond motifs is 1. The van der Waals surface area contributed by atoms with E-state index in [-0.39, 0.29) is 17.4 Å². The molecule has 10 heteroatoms. The van der Waals surface area contributed by atoms with Crippen molar-refractivity contribution in [3.05, 3.63) is 78.8 Å². The number of imidazole rings is 1. The standard InChI is InChI=1S/C25H21N9O/c1-2-20(35)32-16-9-14(11-28-13-16)15-10-18(23(27)31-12-15)21(26)24-33-22-17(6-8-30-25(22)34-24)19-5-3-4-7-29-19/h3-13,26H,2H2,1H3,(H2,27,31)(H,32,35)(H,30,33,34). The SMILES string of the molecule is CCC(=O)Nc1cncc(-c2cnc(N)c(C(=N)c3nc4nccc(-c5ccccn5)c4[nH]3)c2)c1. The molecule has 0 aliphatic heterocycles. The van der Waals surface area contributed by atoms with E-state index in [1.54, 1.807) is 50.0 Å². The predicted molar refractivity (Wildman–Crippen MR) is 134 cm³/mol. The summed E-state index contributed by atoms with van der Waals surface area (Å²) in [5.74, 6) is 0.398. The van der Waals surface area contributed by atoms with Gasteiger partial charge in [-0.25, -0.2) is 15.0 Å². The summed E-state index contributed by atoms with van der Waals surface area (Å²) in [5.41, 5.74) is 11.4. The fraction of sp³-hybridized carbons (Fsp3) is 0.0800. The average Bonchev–Trinajstić information content (AvgIpc) is 3.34. The van der Waals surface area contributed by atoms with Gasteiger partial charge in [0.05, 0.1) is 23.1 Å². The van der Waals surface area contributed by atoms with Gasteiger partial charge in [0.25, 0.3) is 0 Å². The number of nitrogens with zero attached hydrogens (tertiary/aromatic N) is 5. The molecule has 0 radical (unpaired) electrons. The third-order valence-electron chi connectivity index (χ3n) is 5.43. The van der Waals surface area contributed by atoms with Gasteiger partial charge >= 0.3 is 0 Å². The number of nitrogens with one attached hydrogen (secondary N) is 3. The van der Waals surface area contributed by atoms with Crippen LogP contribution in [0.5, 0.6) is 0 Å². The minimum Gasteiger partial charge on any atom is -0.383 e. The molecule has 0 unspecified atom stereocenters. The quantitative estimate of drug-likeness (QED) is 0.278. The van der Waals surface area contributed by atoms with Gasteiger partial charge in [0, 0.05) is 53.5 Å². The molecule has 0 atom stereocenters. The highest BCUT2D eigenvalue weighted by Gasteiger charge is 2.18. The van der Waals surface area contributed by atoms with Crippen molar-refractivity contribution in [1.29, 1.82) is 5.41 Å². The molecule has 0 fully saturated rings. The first kappa shape index (κ1) is 21.8. The predicted octanol–water partition coefficient (Wildman–Crippen LogP) is 3.82. The number of nitrogens with two attached hydrogens (primary N) is 1. The van der Waals surface area contributed by atoms with Gasteiger partial charge in [-0.1, -0.05) is 13.0 Å². The molecule has 5 rings (SSSR count). The molecule has 35 heavy (non-hydrogen) atoms. The summed E-state index contributed by atoms with van der Waals surface area (Å²) in [6, 6.07) is 11.1. The maximum atomic E-state index is 11.7. The zero-order valence-corrected chi connectivity index (χ0v) is 18.8. The molecule has 172 valence electrons. The Morgan fingerprint density at radius 2 is 1.91 bits per heavy atom. The number of H-pyrrole nitrogens is 1. The molecule has 0 bridgehead atoms. The molecule has 0 saturated carbocycles. The van der Waals surface area contributed by atoms with Gasteiger partial charge in [0.2, 0.25) is 5.91 Å². The van der Waals surface area contributed by atoms with Gasteiger partial charge in [0.15, 0.2) is 11.5 Å². The number of anilines is 2. The zero-order chi connectivity index (χ0) is 24.4. The second-order valence-electron chi connectivity index (χ2n) is 7.75. The Morgan fingerprint density at radius 3 is 2.71 bits per heavy atom. The third-order valence-corrected chi connectivity index (χ3v) is 5.43. The lowest BCUT2D eigenvalue weighted by Gasteiger charge is -2.09. The summed E-state index contributed by atoms with van der Waals surface area (Å²) in [5, 5.41) is 11.6. The summed E-state index contributed by atoms with van der Waals surface area (Å²) in [4.78, 5) is 36.7.